The fourth-order valence-electron chi connectivity index (χ4n) is 4.25. The van der Waals surface area contributed by atoms with Gasteiger partial charge in [0, 0.05) is 29.4 Å². The van der Waals surface area contributed by atoms with Gasteiger partial charge in [-0.25, -0.2) is 4.98 Å². The molecule has 0 radical (unpaired) electrons. The molecule has 1 aromatic heterocycles. The van der Waals surface area contributed by atoms with Gasteiger partial charge in [-0.3, -0.25) is 9.59 Å². The SMILES string of the molecule is C=CCSc1nc2c(c(=O)[nH]1)[C@H](c1cc(OC)c(OC)c(OC)c1)C1=C(CCCC1=O)N2. The monoisotopic (exact) mass is 455 g/mol. The molecule has 0 saturated carbocycles. The van der Waals surface area contributed by atoms with Gasteiger partial charge in [-0.1, -0.05) is 17.8 Å². The molecule has 8 nitrogen and oxygen atoms in total. The summed E-state index contributed by atoms with van der Waals surface area (Å²) in [7, 11) is 4.60. The van der Waals surface area contributed by atoms with Gasteiger partial charge in [0.15, 0.2) is 22.4 Å². The third-order valence-corrected chi connectivity index (χ3v) is 6.46. The van der Waals surface area contributed by atoms with Crippen LogP contribution in [0.15, 0.2) is 46.0 Å². The molecule has 0 amide bonds. The van der Waals surface area contributed by atoms with E-state index >= 15 is 0 Å². The lowest BCUT2D eigenvalue weighted by Crippen LogP contribution is -2.32. The molecule has 168 valence electrons. The summed E-state index contributed by atoms with van der Waals surface area (Å²) in [6.45, 7) is 3.71. The van der Waals surface area contributed by atoms with Crippen molar-refractivity contribution in [3.63, 3.8) is 0 Å². The number of methoxy groups -OCH3 is 3. The molecule has 0 unspecified atom stereocenters. The van der Waals surface area contributed by atoms with Crippen LogP contribution in [0, 0.1) is 0 Å². The van der Waals surface area contributed by atoms with Crippen LogP contribution in [0.25, 0.3) is 0 Å². The van der Waals surface area contributed by atoms with Crippen LogP contribution in [0.4, 0.5) is 5.82 Å². The number of benzene rings is 1. The van der Waals surface area contributed by atoms with Crippen LogP contribution >= 0.6 is 11.8 Å². The summed E-state index contributed by atoms with van der Waals surface area (Å²) in [5.41, 5.74) is 2.21. The highest BCUT2D eigenvalue weighted by molar-refractivity contribution is 7.99. The smallest absolute Gasteiger partial charge is 0.257 e. The number of anilines is 1. The number of aromatic nitrogens is 2. The van der Waals surface area contributed by atoms with E-state index in [1.54, 1.807) is 18.2 Å². The van der Waals surface area contributed by atoms with Crippen molar-refractivity contribution in [2.24, 2.45) is 0 Å². The molecule has 2 heterocycles. The van der Waals surface area contributed by atoms with E-state index in [1.165, 1.54) is 33.1 Å². The van der Waals surface area contributed by atoms with Gasteiger partial charge in [-0.05, 0) is 30.5 Å². The fraction of sp³-hybridized carbons (Fsp3) is 0.348. The van der Waals surface area contributed by atoms with Crippen LogP contribution in [0.2, 0.25) is 0 Å². The largest absolute Gasteiger partial charge is 0.493 e. The molecule has 2 aliphatic rings. The second-order valence-corrected chi connectivity index (χ2v) is 8.43. The van der Waals surface area contributed by atoms with Gasteiger partial charge in [-0.15, -0.1) is 6.58 Å². The number of Topliss-reactive ketones (excluding diaryl/α,β-unsaturated/α-hetero) is 1. The van der Waals surface area contributed by atoms with Gasteiger partial charge in [-0.2, -0.15) is 0 Å². The summed E-state index contributed by atoms with van der Waals surface area (Å²) in [5, 5.41) is 3.76. The van der Waals surface area contributed by atoms with Crippen molar-refractivity contribution >= 4 is 23.4 Å². The van der Waals surface area contributed by atoms with Gasteiger partial charge in [0.1, 0.15) is 5.82 Å². The van der Waals surface area contributed by atoms with Gasteiger partial charge in [0.2, 0.25) is 5.75 Å². The van der Waals surface area contributed by atoms with Gasteiger partial charge in [0.05, 0.1) is 26.9 Å². The second kappa shape index (κ2) is 9.12. The van der Waals surface area contributed by atoms with Crippen LogP contribution < -0.4 is 25.1 Å². The van der Waals surface area contributed by atoms with E-state index in [1.807, 2.05) is 0 Å². The maximum atomic E-state index is 13.2. The van der Waals surface area contributed by atoms with E-state index in [9.17, 15) is 9.59 Å². The number of hydrogen-bond donors (Lipinski definition) is 2. The molecule has 32 heavy (non-hydrogen) atoms. The zero-order valence-electron chi connectivity index (χ0n) is 18.2. The summed E-state index contributed by atoms with van der Waals surface area (Å²) < 4.78 is 16.5. The van der Waals surface area contributed by atoms with Crippen LogP contribution in [0.3, 0.4) is 0 Å². The van der Waals surface area contributed by atoms with Crippen molar-refractivity contribution < 1.29 is 19.0 Å². The van der Waals surface area contributed by atoms with E-state index in [-0.39, 0.29) is 11.3 Å². The van der Waals surface area contributed by atoms with Crippen molar-refractivity contribution in [1.29, 1.82) is 0 Å². The quantitative estimate of drug-likeness (QED) is 0.371. The maximum Gasteiger partial charge on any atom is 0.257 e. The molecule has 2 N–H and O–H groups in total. The standard InChI is InChI=1S/C23H25N3O5S/c1-5-9-32-23-25-21-19(22(28)26-23)17(18-13(24-21)7-6-8-14(18)27)12-10-15(29-2)20(31-4)16(11-12)30-3/h5,10-11,17H,1,6-9H2,2-4H3,(H2,24,25,26,28)/t17-/m1/s1. The number of allylic oxidation sites excluding steroid dienone is 2. The minimum Gasteiger partial charge on any atom is -0.493 e. The summed E-state index contributed by atoms with van der Waals surface area (Å²) in [5.74, 6) is 1.85. The number of hydrogen-bond acceptors (Lipinski definition) is 8. The maximum absolute atomic E-state index is 13.2. The van der Waals surface area contributed by atoms with E-state index in [4.69, 9.17) is 14.2 Å². The topological polar surface area (TPSA) is 103 Å². The van der Waals surface area contributed by atoms with E-state index < -0.39 is 5.92 Å². The number of H-pyrrole nitrogens is 1. The van der Waals surface area contributed by atoms with Gasteiger partial charge in [0.25, 0.3) is 5.56 Å². The van der Waals surface area contributed by atoms with E-state index in [2.05, 4.69) is 21.9 Å². The number of fused-ring (bicyclic) bond motifs is 1. The zero-order valence-corrected chi connectivity index (χ0v) is 19.1. The number of nitrogens with zero attached hydrogens (tertiary/aromatic N) is 1. The minimum atomic E-state index is -0.600. The third kappa shape index (κ3) is 3.77. The average Bonchev–Trinajstić information content (AvgIpc) is 2.80. The lowest BCUT2D eigenvalue weighted by Gasteiger charge is -2.33. The summed E-state index contributed by atoms with van der Waals surface area (Å²) in [4.78, 5) is 33.8. The van der Waals surface area contributed by atoms with Crippen molar-refractivity contribution in [3.8, 4) is 17.2 Å². The minimum absolute atomic E-state index is 0.0210. The van der Waals surface area contributed by atoms with Crippen LogP contribution in [0.5, 0.6) is 17.2 Å². The van der Waals surface area contributed by atoms with E-state index in [0.29, 0.717) is 63.5 Å². The molecule has 0 fully saturated rings. The number of carbonyl (C=O) groups excluding carboxylic acids is 1. The predicted octanol–water partition coefficient (Wildman–Crippen LogP) is 3.64. The van der Waals surface area contributed by atoms with Crippen molar-refractivity contribution in [2.75, 3.05) is 32.4 Å². The number of rotatable bonds is 7. The Bertz CT molecular complexity index is 1150. The number of carbonyl (C=O) groups is 1. The van der Waals surface area contributed by atoms with Crippen LogP contribution in [-0.4, -0.2) is 42.8 Å². The number of ether oxygens (including phenoxy) is 3. The first-order valence-electron chi connectivity index (χ1n) is 10.2. The summed E-state index contributed by atoms with van der Waals surface area (Å²) >= 11 is 1.39. The first kappa shape index (κ1) is 22.0. The molecule has 0 saturated heterocycles. The molecule has 0 spiro atoms. The first-order valence-corrected chi connectivity index (χ1v) is 11.2. The Morgan fingerprint density at radius 1 is 1.16 bits per heavy atom. The highest BCUT2D eigenvalue weighted by atomic mass is 32.2. The molecule has 9 heteroatoms. The number of aromatic amines is 1. The molecule has 4 rings (SSSR count). The molecule has 1 atom stereocenters. The predicted molar refractivity (Wildman–Crippen MR) is 123 cm³/mol. The lowest BCUT2D eigenvalue weighted by molar-refractivity contribution is -0.116. The first-order chi connectivity index (χ1) is 15.5. The normalized spacial score (nSPS) is 17.2. The molecule has 2 aromatic rings. The summed E-state index contributed by atoms with van der Waals surface area (Å²) in [6, 6.07) is 3.57. The number of thioether (sulfide) groups is 1. The Hall–Kier alpha value is -3.20. The number of ketones is 1. The van der Waals surface area contributed by atoms with Gasteiger partial charge >= 0.3 is 0 Å². The van der Waals surface area contributed by atoms with Crippen molar-refractivity contribution in [3.05, 3.63) is 57.5 Å². The second-order valence-electron chi connectivity index (χ2n) is 7.42. The summed E-state index contributed by atoms with van der Waals surface area (Å²) in [6.07, 6.45) is 3.65. The Balaban J connectivity index is 1.96. The fourth-order valence-corrected chi connectivity index (χ4v) is 4.84. The average molecular weight is 456 g/mol. The molecular weight excluding hydrogens is 430 g/mol. The Morgan fingerprint density at radius 3 is 2.50 bits per heavy atom. The van der Waals surface area contributed by atoms with Crippen molar-refractivity contribution in [2.45, 2.75) is 30.3 Å². The van der Waals surface area contributed by atoms with E-state index in [0.717, 1.165) is 12.1 Å². The molecule has 1 aromatic carbocycles. The van der Waals surface area contributed by atoms with Crippen LogP contribution in [0.1, 0.15) is 36.3 Å². The molecule has 0 bridgehead atoms. The van der Waals surface area contributed by atoms with Gasteiger partial charge < -0.3 is 24.5 Å². The Labute approximate surface area is 190 Å². The number of nitrogens with one attached hydrogen (secondary N) is 2. The highest BCUT2D eigenvalue weighted by Gasteiger charge is 2.38. The zero-order chi connectivity index (χ0) is 22.8. The Kier molecular flexibility index (Phi) is 6.27. The lowest BCUT2D eigenvalue weighted by atomic mass is 9.76. The van der Waals surface area contributed by atoms with Crippen molar-refractivity contribution in [1.82, 2.24) is 9.97 Å². The Morgan fingerprint density at radius 2 is 1.88 bits per heavy atom. The molecular formula is C23H25N3O5S. The molecule has 1 aliphatic heterocycles. The molecule has 1 aliphatic carbocycles. The third-order valence-electron chi connectivity index (χ3n) is 5.59. The van der Waals surface area contributed by atoms with Crippen LogP contribution in [-0.2, 0) is 4.79 Å². The highest BCUT2D eigenvalue weighted by Crippen LogP contribution is 2.47.